The molecular formula is C23H37N3O4. The van der Waals surface area contributed by atoms with E-state index >= 15 is 0 Å². The summed E-state index contributed by atoms with van der Waals surface area (Å²) in [5.74, 6) is -0.578. The number of benzene rings is 1. The van der Waals surface area contributed by atoms with Crippen LogP contribution in [0.3, 0.4) is 0 Å². The Labute approximate surface area is 180 Å². The fourth-order valence-corrected chi connectivity index (χ4v) is 3.09. The molecule has 7 heteroatoms. The summed E-state index contributed by atoms with van der Waals surface area (Å²) >= 11 is 0. The van der Waals surface area contributed by atoms with Crippen LogP contribution in [0.25, 0.3) is 0 Å². The van der Waals surface area contributed by atoms with Crippen LogP contribution in [0.4, 0.5) is 4.79 Å². The zero-order valence-electron chi connectivity index (χ0n) is 19.6. The number of ether oxygens (including phenoxy) is 1. The quantitative estimate of drug-likeness (QED) is 0.673. The molecule has 0 radical (unpaired) electrons. The molecule has 0 aromatic heterocycles. The predicted molar refractivity (Wildman–Crippen MR) is 118 cm³/mol. The summed E-state index contributed by atoms with van der Waals surface area (Å²) < 4.78 is 5.21. The molecular weight excluding hydrogens is 382 g/mol. The van der Waals surface area contributed by atoms with Crippen LogP contribution in [-0.4, -0.2) is 47.5 Å². The Bertz CT molecular complexity index is 753. The van der Waals surface area contributed by atoms with Gasteiger partial charge in [0.1, 0.15) is 18.2 Å². The molecule has 0 aliphatic heterocycles. The van der Waals surface area contributed by atoms with Gasteiger partial charge in [-0.25, -0.2) is 4.79 Å². The van der Waals surface area contributed by atoms with E-state index in [4.69, 9.17) is 4.74 Å². The summed E-state index contributed by atoms with van der Waals surface area (Å²) in [6, 6.07) is 4.90. The first-order valence-electron chi connectivity index (χ1n) is 10.5. The second-order valence-corrected chi connectivity index (χ2v) is 8.80. The van der Waals surface area contributed by atoms with Gasteiger partial charge in [-0.05, 0) is 71.6 Å². The number of hydrogen-bond acceptors (Lipinski definition) is 4. The van der Waals surface area contributed by atoms with E-state index in [0.717, 1.165) is 16.7 Å². The lowest BCUT2D eigenvalue weighted by Crippen LogP contribution is -2.49. The Kier molecular flexibility index (Phi) is 9.33. The van der Waals surface area contributed by atoms with Crippen molar-refractivity contribution in [2.75, 3.05) is 13.1 Å². The van der Waals surface area contributed by atoms with E-state index in [9.17, 15) is 14.4 Å². The highest BCUT2D eigenvalue weighted by atomic mass is 16.6. The molecule has 1 unspecified atom stereocenters. The molecule has 0 heterocycles. The van der Waals surface area contributed by atoms with Crippen molar-refractivity contribution in [3.63, 3.8) is 0 Å². The molecule has 30 heavy (non-hydrogen) atoms. The number of carbonyl (C=O) groups excluding carboxylic acids is 3. The highest BCUT2D eigenvalue weighted by molar-refractivity contribution is 5.90. The van der Waals surface area contributed by atoms with Gasteiger partial charge in [-0.3, -0.25) is 9.59 Å². The first-order chi connectivity index (χ1) is 13.9. The predicted octanol–water partition coefficient (Wildman–Crippen LogP) is 3.63. The van der Waals surface area contributed by atoms with Crippen LogP contribution in [0.15, 0.2) is 18.2 Å². The van der Waals surface area contributed by atoms with Gasteiger partial charge >= 0.3 is 6.09 Å². The van der Waals surface area contributed by atoms with Gasteiger partial charge in [-0.15, -0.1) is 0 Å². The van der Waals surface area contributed by atoms with Crippen molar-refractivity contribution in [3.05, 3.63) is 34.9 Å². The van der Waals surface area contributed by atoms with Crippen molar-refractivity contribution in [1.29, 1.82) is 0 Å². The molecule has 0 spiro atoms. The normalized spacial score (nSPS) is 12.3. The lowest BCUT2D eigenvalue weighted by Gasteiger charge is -2.33. The summed E-state index contributed by atoms with van der Waals surface area (Å²) in [5.41, 5.74) is 2.14. The number of alkyl carbamates (subject to hydrolysis) is 1. The molecule has 0 saturated carbocycles. The minimum Gasteiger partial charge on any atom is -0.444 e. The standard InChI is InChI=1S/C23H37N3O4/c1-9-13-26(19(27)14-24-22(29)30-23(6,7)8)20(21(28)25-15(2)3)18-12-10-11-16(4)17(18)5/h10-12,15,20H,9,13-14H2,1-8H3,(H,24,29)(H,25,28). The second kappa shape index (κ2) is 11.0. The van der Waals surface area contributed by atoms with Crippen molar-refractivity contribution in [2.24, 2.45) is 0 Å². The van der Waals surface area contributed by atoms with Crippen LogP contribution in [0.2, 0.25) is 0 Å². The Balaban J connectivity index is 3.20. The maximum atomic E-state index is 13.1. The van der Waals surface area contributed by atoms with Gasteiger partial charge in [-0.2, -0.15) is 0 Å². The minimum absolute atomic E-state index is 0.0661. The molecule has 0 aliphatic rings. The maximum absolute atomic E-state index is 13.1. The van der Waals surface area contributed by atoms with Gasteiger partial charge in [0.05, 0.1) is 0 Å². The van der Waals surface area contributed by atoms with Crippen molar-refractivity contribution >= 4 is 17.9 Å². The van der Waals surface area contributed by atoms with E-state index in [0.29, 0.717) is 13.0 Å². The van der Waals surface area contributed by atoms with E-state index in [1.54, 1.807) is 20.8 Å². The molecule has 7 nitrogen and oxygen atoms in total. The average Bonchev–Trinajstić information content (AvgIpc) is 2.60. The number of rotatable bonds is 8. The van der Waals surface area contributed by atoms with Crippen LogP contribution >= 0.6 is 0 Å². The van der Waals surface area contributed by atoms with Crippen molar-refractivity contribution in [3.8, 4) is 0 Å². The van der Waals surface area contributed by atoms with E-state index in [2.05, 4.69) is 10.6 Å². The van der Waals surface area contributed by atoms with Crippen LogP contribution in [-0.2, 0) is 14.3 Å². The Hall–Kier alpha value is -2.57. The molecule has 2 N–H and O–H groups in total. The van der Waals surface area contributed by atoms with Crippen LogP contribution in [0, 0.1) is 13.8 Å². The maximum Gasteiger partial charge on any atom is 0.408 e. The summed E-state index contributed by atoms with van der Waals surface area (Å²) in [4.78, 5) is 39.7. The molecule has 0 bridgehead atoms. The summed E-state index contributed by atoms with van der Waals surface area (Å²) in [7, 11) is 0. The molecule has 0 fully saturated rings. The van der Waals surface area contributed by atoms with Gasteiger partial charge < -0.3 is 20.3 Å². The van der Waals surface area contributed by atoms with Gasteiger partial charge in [0.15, 0.2) is 0 Å². The molecule has 1 aromatic carbocycles. The largest absolute Gasteiger partial charge is 0.444 e. The Morgan fingerprint density at radius 2 is 1.77 bits per heavy atom. The summed E-state index contributed by atoms with van der Waals surface area (Å²) in [6.07, 6.45) is 0.0105. The fourth-order valence-electron chi connectivity index (χ4n) is 3.09. The number of nitrogens with zero attached hydrogens (tertiary/aromatic N) is 1. The van der Waals surface area contributed by atoms with Gasteiger partial charge in [0.25, 0.3) is 0 Å². The number of nitrogens with one attached hydrogen (secondary N) is 2. The fraction of sp³-hybridized carbons (Fsp3) is 0.609. The summed E-state index contributed by atoms with van der Waals surface area (Å²) in [5, 5.41) is 5.44. The van der Waals surface area contributed by atoms with Crippen molar-refractivity contribution in [1.82, 2.24) is 15.5 Å². The number of carbonyl (C=O) groups is 3. The molecule has 1 aromatic rings. The molecule has 1 atom stereocenters. The smallest absolute Gasteiger partial charge is 0.408 e. The average molecular weight is 420 g/mol. The monoisotopic (exact) mass is 419 g/mol. The molecule has 1 rings (SSSR count). The molecule has 0 aliphatic carbocycles. The number of aryl methyl sites for hydroxylation is 1. The van der Waals surface area contributed by atoms with Crippen molar-refractivity contribution in [2.45, 2.75) is 79.5 Å². The van der Waals surface area contributed by atoms with E-state index in [1.807, 2.05) is 52.8 Å². The third-order valence-corrected chi connectivity index (χ3v) is 4.50. The molecule has 3 amide bonds. The highest BCUT2D eigenvalue weighted by Crippen LogP contribution is 2.27. The third-order valence-electron chi connectivity index (χ3n) is 4.50. The lowest BCUT2D eigenvalue weighted by molar-refractivity contribution is -0.140. The minimum atomic E-state index is -0.778. The van der Waals surface area contributed by atoms with Gasteiger partial charge in [0.2, 0.25) is 11.8 Å². The summed E-state index contributed by atoms with van der Waals surface area (Å²) in [6.45, 7) is 15.0. The Morgan fingerprint density at radius 1 is 1.13 bits per heavy atom. The lowest BCUT2D eigenvalue weighted by atomic mass is 9.95. The SMILES string of the molecule is CCCN(C(=O)CNC(=O)OC(C)(C)C)C(C(=O)NC(C)C)c1cccc(C)c1C. The Morgan fingerprint density at radius 3 is 2.30 bits per heavy atom. The van der Waals surface area contributed by atoms with Gasteiger partial charge in [-0.1, -0.05) is 25.1 Å². The third kappa shape index (κ3) is 7.69. The number of amides is 3. The highest BCUT2D eigenvalue weighted by Gasteiger charge is 2.32. The molecule has 168 valence electrons. The number of hydrogen-bond donors (Lipinski definition) is 2. The van der Waals surface area contributed by atoms with Crippen LogP contribution in [0.5, 0.6) is 0 Å². The van der Waals surface area contributed by atoms with Gasteiger partial charge in [0, 0.05) is 12.6 Å². The zero-order chi connectivity index (χ0) is 23.1. The van der Waals surface area contributed by atoms with Crippen LogP contribution < -0.4 is 10.6 Å². The second-order valence-electron chi connectivity index (χ2n) is 8.80. The topological polar surface area (TPSA) is 87.7 Å². The van der Waals surface area contributed by atoms with E-state index in [1.165, 1.54) is 4.90 Å². The van der Waals surface area contributed by atoms with Crippen molar-refractivity contribution < 1.29 is 19.1 Å². The van der Waals surface area contributed by atoms with E-state index < -0.39 is 17.7 Å². The zero-order valence-corrected chi connectivity index (χ0v) is 19.6. The molecule has 0 saturated heterocycles. The van der Waals surface area contributed by atoms with E-state index in [-0.39, 0.29) is 24.4 Å². The first kappa shape index (κ1) is 25.5. The van der Waals surface area contributed by atoms with Crippen LogP contribution in [0.1, 0.15) is 70.7 Å². The first-order valence-corrected chi connectivity index (χ1v) is 10.5.